The van der Waals surface area contributed by atoms with Crippen molar-refractivity contribution in [2.75, 3.05) is 19.8 Å². The summed E-state index contributed by atoms with van der Waals surface area (Å²) in [5, 5.41) is 1.19. The summed E-state index contributed by atoms with van der Waals surface area (Å²) in [6.07, 6.45) is -0.140. The molecule has 8 heteroatoms. The molecule has 1 fully saturated rings. The number of nitrogens with two attached hydrogens (primary N) is 1. The van der Waals surface area contributed by atoms with Crippen LogP contribution in [0, 0.1) is 11.8 Å². The molecule has 0 bridgehead atoms. The first-order chi connectivity index (χ1) is 12.3. The van der Waals surface area contributed by atoms with Crippen molar-refractivity contribution in [3.63, 3.8) is 0 Å². The third kappa shape index (κ3) is 7.41. The van der Waals surface area contributed by atoms with E-state index in [9.17, 15) is 4.79 Å². The highest BCUT2D eigenvalue weighted by molar-refractivity contribution is 6.35. The van der Waals surface area contributed by atoms with Gasteiger partial charge in [-0.1, -0.05) is 43.1 Å². The van der Waals surface area contributed by atoms with E-state index in [1.54, 1.807) is 6.07 Å². The molecule has 1 heterocycles. The number of rotatable bonds is 5. The molecule has 0 aromatic heterocycles. The summed E-state index contributed by atoms with van der Waals surface area (Å²) in [5.74, 6) is -0.158. The monoisotopic (exact) mass is 439 g/mol. The largest absolute Gasteiger partial charge is 0.459 e. The Morgan fingerprint density at radius 1 is 1.30 bits per heavy atom. The van der Waals surface area contributed by atoms with Gasteiger partial charge in [0.2, 0.25) is 0 Å². The minimum Gasteiger partial charge on any atom is -0.459 e. The first-order valence-corrected chi connectivity index (χ1v) is 9.62. The summed E-state index contributed by atoms with van der Waals surface area (Å²) < 4.78 is 17.3. The number of halogens is 3. The van der Waals surface area contributed by atoms with Crippen molar-refractivity contribution in [3.8, 4) is 0 Å². The third-order valence-electron chi connectivity index (χ3n) is 4.28. The maximum absolute atomic E-state index is 12.1. The Kier molecular flexibility index (Phi) is 10.4. The maximum Gasteiger partial charge on any atom is 0.325 e. The fourth-order valence-electron chi connectivity index (χ4n) is 2.95. The lowest BCUT2D eigenvalue weighted by Gasteiger charge is -2.31. The Morgan fingerprint density at radius 3 is 2.63 bits per heavy atom. The number of esters is 1. The van der Waals surface area contributed by atoms with Gasteiger partial charge in [0, 0.05) is 22.6 Å². The van der Waals surface area contributed by atoms with Gasteiger partial charge in [-0.25, -0.2) is 0 Å². The fraction of sp³-hybridized carbons (Fsp3) is 0.632. The molecule has 0 aliphatic carbocycles. The standard InChI is InChI=1S/C19H27Cl2NO4.ClH/c1-11(2)8-25-18-12(3)26-19(23)17(22)10-24-9-14(18)6-13-4-5-15(20)7-16(13)21;/h4-5,7,11-12,14,17-18H,6,8-10,22H2,1-3H3;1H/t12-,14-,17-,18-;/m0./s1. The Labute approximate surface area is 177 Å². The van der Waals surface area contributed by atoms with E-state index in [2.05, 4.69) is 13.8 Å². The molecule has 2 N–H and O–H groups in total. The normalized spacial score (nSPS) is 26.6. The van der Waals surface area contributed by atoms with Gasteiger partial charge >= 0.3 is 5.97 Å². The van der Waals surface area contributed by atoms with Crippen molar-refractivity contribution >= 4 is 41.6 Å². The second kappa shape index (κ2) is 11.4. The van der Waals surface area contributed by atoms with E-state index in [4.69, 9.17) is 43.1 Å². The Hall–Kier alpha value is -0.560. The number of carbonyl (C=O) groups excluding carboxylic acids is 1. The lowest BCUT2D eigenvalue weighted by molar-refractivity contribution is -0.160. The third-order valence-corrected chi connectivity index (χ3v) is 4.87. The SMILES string of the molecule is CC(C)CO[C@@H]1[C@@H](Cc2ccc(Cl)cc2Cl)COC[C@H](N)C(=O)O[C@H]1C.Cl. The fourth-order valence-corrected chi connectivity index (χ4v) is 3.44. The molecular formula is C19H28Cl3NO4. The van der Waals surface area contributed by atoms with E-state index in [0.29, 0.717) is 35.6 Å². The molecule has 1 saturated heterocycles. The molecule has 5 nitrogen and oxygen atoms in total. The summed E-state index contributed by atoms with van der Waals surface area (Å²) in [7, 11) is 0. The van der Waals surface area contributed by atoms with Gasteiger partial charge in [0.25, 0.3) is 0 Å². The Bertz CT molecular complexity index is 615. The zero-order chi connectivity index (χ0) is 19.3. The van der Waals surface area contributed by atoms with Crippen LogP contribution in [0.3, 0.4) is 0 Å². The van der Waals surface area contributed by atoms with Crippen molar-refractivity contribution in [1.82, 2.24) is 0 Å². The van der Waals surface area contributed by atoms with Gasteiger partial charge < -0.3 is 19.9 Å². The summed E-state index contributed by atoms with van der Waals surface area (Å²) >= 11 is 12.3. The van der Waals surface area contributed by atoms with Crippen LogP contribution in [-0.2, 0) is 25.4 Å². The number of carbonyl (C=O) groups is 1. The number of hydrogen-bond donors (Lipinski definition) is 1. The lowest BCUT2D eigenvalue weighted by atomic mass is 9.91. The van der Waals surface area contributed by atoms with Crippen LogP contribution in [0.4, 0.5) is 0 Å². The maximum atomic E-state index is 12.1. The molecule has 1 aliphatic heterocycles. The van der Waals surface area contributed by atoms with Crippen molar-refractivity contribution in [2.45, 2.75) is 45.4 Å². The van der Waals surface area contributed by atoms with Crippen molar-refractivity contribution in [2.24, 2.45) is 17.6 Å². The van der Waals surface area contributed by atoms with Gasteiger partial charge in [-0.05, 0) is 37.0 Å². The number of cyclic esters (lactones) is 1. The number of ether oxygens (including phenoxy) is 3. The summed E-state index contributed by atoms with van der Waals surface area (Å²) in [4.78, 5) is 12.1. The number of hydrogen-bond acceptors (Lipinski definition) is 5. The average molecular weight is 441 g/mol. The minimum atomic E-state index is -0.791. The van der Waals surface area contributed by atoms with Gasteiger partial charge in [-0.3, -0.25) is 4.79 Å². The van der Waals surface area contributed by atoms with Crippen LogP contribution in [0.1, 0.15) is 26.3 Å². The molecule has 4 atom stereocenters. The smallest absolute Gasteiger partial charge is 0.325 e. The van der Waals surface area contributed by atoms with Gasteiger partial charge in [0.15, 0.2) is 0 Å². The van der Waals surface area contributed by atoms with Gasteiger partial charge in [-0.15, -0.1) is 12.4 Å². The minimum absolute atomic E-state index is 0. The van der Waals surface area contributed by atoms with E-state index in [1.165, 1.54) is 0 Å². The highest BCUT2D eigenvalue weighted by atomic mass is 35.5. The van der Waals surface area contributed by atoms with Crippen LogP contribution in [0.2, 0.25) is 10.0 Å². The second-order valence-electron chi connectivity index (χ2n) is 7.18. The molecule has 1 aromatic carbocycles. The molecule has 0 spiro atoms. The van der Waals surface area contributed by atoms with Crippen LogP contribution >= 0.6 is 35.6 Å². The van der Waals surface area contributed by atoms with Crippen LogP contribution in [0.25, 0.3) is 0 Å². The summed E-state index contributed by atoms with van der Waals surface area (Å²) in [6, 6.07) is 4.64. The summed E-state index contributed by atoms with van der Waals surface area (Å²) in [6.45, 7) is 7.05. The topological polar surface area (TPSA) is 70.8 Å². The first kappa shape index (κ1) is 24.5. The van der Waals surface area contributed by atoms with Crippen molar-refractivity contribution < 1.29 is 19.0 Å². The van der Waals surface area contributed by atoms with E-state index >= 15 is 0 Å². The first-order valence-electron chi connectivity index (χ1n) is 8.87. The van der Waals surface area contributed by atoms with Crippen LogP contribution < -0.4 is 5.73 Å². The van der Waals surface area contributed by atoms with E-state index < -0.39 is 18.1 Å². The predicted molar refractivity (Wildman–Crippen MR) is 110 cm³/mol. The predicted octanol–water partition coefficient (Wildman–Crippen LogP) is 3.90. The van der Waals surface area contributed by atoms with Gasteiger partial charge in [-0.2, -0.15) is 0 Å². The lowest BCUT2D eigenvalue weighted by Crippen LogP contribution is -2.42. The molecule has 0 amide bonds. The molecule has 154 valence electrons. The van der Waals surface area contributed by atoms with Gasteiger partial charge in [0.05, 0.1) is 19.3 Å². The molecule has 0 unspecified atom stereocenters. The van der Waals surface area contributed by atoms with Crippen molar-refractivity contribution in [3.05, 3.63) is 33.8 Å². The van der Waals surface area contributed by atoms with E-state index in [-0.39, 0.29) is 31.0 Å². The zero-order valence-corrected chi connectivity index (χ0v) is 18.2. The average Bonchev–Trinajstić information content (AvgIpc) is 2.60. The van der Waals surface area contributed by atoms with Gasteiger partial charge in [0.1, 0.15) is 12.1 Å². The second-order valence-corrected chi connectivity index (χ2v) is 8.02. The highest BCUT2D eigenvalue weighted by Gasteiger charge is 2.34. The highest BCUT2D eigenvalue weighted by Crippen LogP contribution is 2.28. The molecule has 1 aromatic rings. The zero-order valence-electron chi connectivity index (χ0n) is 15.8. The molecule has 27 heavy (non-hydrogen) atoms. The van der Waals surface area contributed by atoms with Crippen LogP contribution in [0.15, 0.2) is 18.2 Å². The number of benzene rings is 1. The summed E-state index contributed by atoms with van der Waals surface area (Å²) in [5.41, 5.74) is 6.76. The molecular weight excluding hydrogens is 413 g/mol. The molecule has 1 aliphatic rings. The molecule has 0 radical (unpaired) electrons. The Morgan fingerprint density at radius 2 is 2.00 bits per heavy atom. The van der Waals surface area contributed by atoms with E-state index in [1.807, 2.05) is 19.1 Å². The Balaban J connectivity index is 0.00000364. The molecule has 2 rings (SSSR count). The molecule has 0 saturated carbocycles. The quantitative estimate of drug-likeness (QED) is 0.703. The van der Waals surface area contributed by atoms with Crippen LogP contribution in [0.5, 0.6) is 0 Å². The van der Waals surface area contributed by atoms with Crippen LogP contribution in [-0.4, -0.2) is 44.0 Å². The van der Waals surface area contributed by atoms with Crippen molar-refractivity contribution in [1.29, 1.82) is 0 Å². The van der Waals surface area contributed by atoms with E-state index in [0.717, 1.165) is 5.56 Å².